The van der Waals surface area contributed by atoms with Crippen molar-refractivity contribution >= 4 is 5.65 Å². The van der Waals surface area contributed by atoms with Crippen molar-refractivity contribution in [2.75, 3.05) is 0 Å². The molecule has 0 radical (unpaired) electrons. The molecule has 0 fully saturated rings. The number of imidazole rings is 1. The number of aromatic nitrogens is 4. The van der Waals surface area contributed by atoms with E-state index in [0.717, 1.165) is 23.0 Å². The van der Waals surface area contributed by atoms with Gasteiger partial charge in [0.25, 0.3) is 0 Å². The summed E-state index contributed by atoms with van der Waals surface area (Å²) in [7, 11) is 0. The molecular formula is C19H14F3N5O. The molecule has 9 heteroatoms. The minimum Gasteiger partial charge on any atom is -0.342 e. The lowest BCUT2D eigenvalue weighted by Crippen LogP contribution is -2.37. The van der Waals surface area contributed by atoms with Gasteiger partial charge in [-0.15, -0.1) is 0 Å². The van der Waals surface area contributed by atoms with Gasteiger partial charge in [0.15, 0.2) is 11.6 Å². The molecule has 3 heterocycles. The van der Waals surface area contributed by atoms with Crippen molar-refractivity contribution in [3.8, 4) is 11.4 Å². The lowest BCUT2D eigenvalue weighted by Gasteiger charge is -2.29. The molecule has 0 bridgehead atoms. The summed E-state index contributed by atoms with van der Waals surface area (Å²) in [4.78, 5) is 8.66. The monoisotopic (exact) mass is 385 g/mol. The van der Waals surface area contributed by atoms with Gasteiger partial charge < -0.3 is 14.7 Å². The third kappa shape index (κ3) is 2.58. The fourth-order valence-corrected chi connectivity index (χ4v) is 3.85. The molecule has 1 aliphatic carbocycles. The number of benzene rings is 1. The first kappa shape index (κ1) is 16.9. The van der Waals surface area contributed by atoms with Gasteiger partial charge >= 0.3 is 0 Å². The van der Waals surface area contributed by atoms with Gasteiger partial charge in [-0.2, -0.15) is 4.98 Å². The fourth-order valence-electron chi connectivity index (χ4n) is 3.85. The van der Waals surface area contributed by atoms with Crippen LogP contribution in [0.25, 0.3) is 17.0 Å². The second kappa shape index (κ2) is 6.16. The van der Waals surface area contributed by atoms with E-state index in [1.54, 1.807) is 0 Å². The maximum Gasteiger partial charge on any atom is 0.214 e. The number of rotatable bonds is 2. The average Bonchev–Trinajstić information content (AvgIpc) is 3.31. The van der Waals surface area contributed by atoms with Crippen molar-refractivity contribution in [2.24, 2.45) is 5.73 Å². The Morgan fingerprint density at radius 1 is 1.07 bits per heavy atom. The van der Waals surface area contributed by atoms with E-state index in [-0.39, 0.29) is 5.56 Å². The van der Waals surface area contributed by atoms with Crippen LogP contribution >= 0.6 is 0 Å². The standard InChI is InChI=1S/C19H14F3N5O/c20-12-6-14(22)13(21)4-10(12)11-5-16-17(7-15(11)23)27-2-1-9(3-18(27)25-16)19-24-8-28-26-19/h1-4,6,8,11,15H,5,7,23H2/t11-,15+/m1/s1. The maximum atomic E-state index is 14.3. The van der Waals surface area contributed by atoms with Gasteiger partial charge in [0.05, 0.1) is 5.69 Å². The second-order valence-electron chi connectivity index (χ2n) is 6.87. The van der Waals surface area contributed by atoms with E-state index in [0.29, 0.717) is 30.4 Å². The van der Waals surface area contributed by atoms with Crippen LogP contribution in [0.4, 0.5) is 13.2 Å². The quantitative estimate of drug-likeness (QED) is 0.537. The van der Waals surface area contributed by atoms with Crippen molar-refractivity contribution in [2.45, 2.75) is 24.8 Å². The zero-order valence-electron chi connectivity index (χ0n) is 14.4. The molecule has 0 aliphatic heterocycles. The summed E-state index contributed by atoms with van der Waals surface area (Å²) in [6.45, 7) is 0. The van der Waals surface area contributed by atoms with Crippen LogP contribution in [0.3, 0.4) is 0 Å². The molecular weight excluding hydrogens is 371 g/mol. The third-order valence-corrected chi connectivity index (χ3v) is 5.23. The van der Waals surface area contributed by atoms with E-state index in [1.165, 1.54) is 6.39 Å². The van der Waals surface area contributed by atoms with Gasteiger partial charge in [0.1, 0.15) is 11.5 Å². The van der Waals surface area contributed by atoms with Crippen molar-refractivity contribution in [3.63, 3.8) is 0 Å². The molecule has 3 aromatic heterocycles. The highest BCUT2D eigenvalue weighted by Gasteiger charge is 2.33. The third-order valence-electron chi connectivity index (χ3n) is 5.23. The Hall–Kier alpha value is -3.20. The zero-order chi connectivity index (χ0) is 19.4. The van der Waals surface area contributed by atoms with Gasteiger partial charge in [-0.25, -0.2) is 18.2 Å². The Balaban J connectivity index is 1.56. The zero-order valence-corrected chi connectivity index (χ0v) is 14.4. The van der Waals surface area contributed by atoms with Gasteiger partial charge in [-0.3, -0.25) is 0 Å². The largest absolute Gasteiger partial charge is 0.342 e. The summed E-state index contributed by atoms with van der Waals surface area (Å²) < 4.78 is 47.9. The van der Waals surface area contributed by atoms with Gasteiger partial charge in [-0.1, -0.05) is 5.16 Å². The van der Waals surface area contributed by atoms with Crippen LogP contribution < -0.4 is 5.73 Å². The molecule has 0 saturated carbocycles. The first-order valence-electron chi connectivity index (χ1n) is 8.68. The minimum absolute atomic E-state index is 0.0709. The lowest BCUT2D eigenvalue weighted by molar-refractivity contribution is 0.419. The Bertz CT molecular complexity index is 1190. The molecule has 1 aliphatic rings. The van der Waals surface area contributed by atoms with E-state index in [9.17, 15) is 13.2 Å². The first-order valence-corrected chi connectivity index (χ1v) is 8.68. The summed E-state index contributed by atoms with van der Waals surface area (Å²) in [6.07, 6.45) is 3.85. The summed E-state index contributed by atoms with van der Waals surface area (Å²) in [5, 5.41) is 3.81. The Labute approximate surface area is 156 Å². The molecule has 142 valence electrons. The van der Waals surface area contributed by atoms with Crippen molar-refractivity contribution in [1.29, 1.82) is 0 Å². The van der Waals surface area contributed by atoms with Crippen molar-refractivity contribution in [3.05, 3.63) is 71.3 Å². The smallest absolute Gasteiger partial charge is 0.214 e. The molecule has 0 saturated heterocycles. The Morgan fingerprint density at radius 3 is 2.68 bits per heavy atom. The van der Waals surface area contributed by atoms with E-state index in [1.807, 2.05) is 22.7 Å². The summed E-state index contributed by atoms with van der Waals surface area (Å²) in [5.41, 5.74) is 9.44. The first-order chi connectivity index (χ1) is 13.5. The van der Waals surface area contributed by atoms with Gasteiger partial charge in [0, 0.05) is 41.9 Å². The topological polar surface area (TPSA) is 82.2 Å². The fraction of sp³-hybridized carbons (Fsp3) is 0.211. The summed E-state index contributed by atoms with van der Waals surface area (Å²) in [5.74, 6) is -3.15. The molecule has 6 nitrogen and oxygen atoms in total. The number of nitrogens with two attached hydrogens (primary N) is 1. The number of pyridine rings is 1. The highest BCUT2D eigenvalue weighted by Crippen LogP contribution is 2.34. The molecule has 0 amide bonds. The van der Waals surface area contributed by atoms with E-state index in [4.69, 9.17) is 10.3 Å². The van der Waals surface area contributed by atoms with E-state index >= 15 is 0 Å². The highest BCUT2D eigenvalue weighted by atomic mass is 19.2. The summed E-state index contributed by atoms with van der Waals surface area (Å²) >= 11 is 0. The Morgan fingerprint density at radius 2 is 1.89 bits per heavy atom. The molecule has 4 aromatic rings. The molecule has 2 atom stereocenters. The molecule has 1 aromatic carbocycles. The van der Waals surface area contributed by atoms with E-state index < -0.39 is 29.4 Å². The SMILES string of the molecule is N[C@H]1Cc2c(nc3cc(-c4ncon4)ccn23)C[C@@H]1c1cc(F)c(F)cc1F. The Kier molecular flexibility index (Phi) is 3.73. The number of halogens is 3. The summed E-state index contributed by atoms with van der Waals surface area (Å²) in [6, 6.07) is 4.66. The molecule has 0 spiro atoms. The molecule has 28 heavy (non-hydrogen) atoms. The van der Waals surface area contributed by atoms with Crippen LogP contribution in [0.15, 0.2) is 41.4 Å². The lowest BCUT2D eigenvalue weighted by atomic mass is 9.80. The number of hydrogen-bond donors (Lipinski definition) is 1. The normalized spacial score (nSPS) is 19.1. The number of hydrogen-bond acceptors (Lipinski definition) is 5. The predicted octanol–water partition coefficient (Wildman–Crippen LogP) is 3.01. The minimum atomic E-state index is -1.21. The van der Waals surface area contributed by atoms with Crippen molar-refractivity contribution in [1.82, 2.24) is 19.5 Å². The number of fused-ring (bicyclic) bond motifs is 3. The van der Waals surface area contributed by atoms with Crippen LogP contribution in [-0.4, -0.2) is 25.6 Å². The number of nitrogens with zero attached hydrogens (tertiary/aromatic N) is 4. The van der Waals surface area contributed by atoms with Crippen molar-refractivity contribution < 1.29 is 17.7 Å². The predicted molar refractivity (Wildman–Crippen MR) is 92.9 cm³/mol. The highest BCUT2D eigenvalue weighted by molar-refractivity contribution is 5.61. The molecule has 2 N–H and O–H groups in total. The maximum absolute atomic E-state index is 14.3. The molecule has 0 unspecified atom stereocenters. The molecule has 5 rings (SSSR count). The van der Waals surface area contributed by atoms with Gasteiger partial charge in [0.2, 0.25) is 12.2 Å². The van der Waals surface area contributed by atoms with Crippen LogP contribution in [0.2, 0.25) is 0 Å². The second-order valence-corrected chi connectivity index (χ2v) is 6.87. The van der Waals surface area contributed by atoms with Gasteiger partial charge in [-0.05, 0) is 30.2 Å². The van der Waals surface area contributed by atoms with Crippen LogP contribution in [0, 0.1) is 17.5 Å². The average molecular weight is 385 g/mol. The van der Waals surface area contributed by atoms with Crippen LogP contribution in [-0.2, 0) is 12.8 Å². The van der Waals surface area contributed by atoms with Crippen LogP contribution in [0.1, 0.15) is 22.9 Å². The van der Waals surface area contributed by atoms with Crippen LogP contribution in [0.5, 0.6) is 0 Å². The van der Waals surface area contributed by atoms with E-state index in [2.05, 4.69) is 15.1 Å².